The fraction of sp³-hybridized carbons (Fsp3) is 0.565. The van der Waals surface area contributed by atoms with Crippen molar-refractivity contribution in [1.82, 2.24) is 25.2 Å². The van der Waals surface area contributed by atoms with Crippen LogP contribution in [-0.2, 0) is 16.0 Å². The third kappa shape index (κ3) is 4.49. The molecule has 166 valence electrons. The number of hydrogen-bond acceptors (Lipinski definition) is 5. The average Bonchev–Trinajstić information content (AvgIpc) is 3.24. The SMILES string of the molecule is COCCNC(=O)c1cn(C2CCC23CCN(C(=O)Cc2ccccc2C)CC3)nn1. The van der Waals surface area contributed by atoms with Gasteiger partial charge in [0, 0.05) is 26.7 Å². The Kier molecular flexibility index (Phi) is 6.36. The van der Waals surface area contributed by atoms with Crippen LogP contribution in [0.2, 0.25) is 0 Å². The van der Waals surface area contributed by atoms with Crippen molar-refractivity contribution < 1.29 is 14.3 Å². The first-order valence-corrected chi connectivity index (χ1v) is 11.0. The summed E-state index contributed by atoms with van der Waals surface area (Å²) in [5.41, 5.74) is 2.76. The lowest BCUT2D eigenvalue weighted by atomic mass is 9.59. The number of aromatic nitrogens is 3. The third-order valence-corrected chi connectivity index (χ3v) is 6.99. The molecule has 1 spiro atoms. The molecule has 8 nitrogen and oxygen atoms in total. The van der Waals surface area contributed by atoms with Crippen molar-refractivity contribution >= 4 is 11.8 Å². The van der Waals surface area contributed by atoms with E-state index in [1.807, 2.05) is 27.8 Å². The van der Waals surface area contributed by atoms with Gasteiger partial charge in [0.05, 0.1) is 25.3 Å². The van der Waals surface area contributed by atoms with Crippen molar-refractivity contribution in [3.8, 4) is 0 Å². The first kappa shape index (κ1) is 21.5. The standard InChI is InChI=1S/C23H31N5O3/c1-17-5-3-4-6-18(17)15-21(29)27-12-9-23(10-13-27)8-7-20(23)28-16-19(25-26-28)22(30)24-11-14-31-2/h3-6,16,20H,7-15H2,1-2H3,(H,24,30). The minimum Gasteiger partial charge on any atom is -0.383 e. The van der Waals surface area contributed by atoms with Gasteiger partial charge in [-0.3, -0.25) is 9.59 Å². The number of hydrogen-bond donors (Lipinski definition) is 1. The molecule has 4 rings (SSSR count). The minimum absolute atomic E-state index is 0.150. The van der Waals surface area contributed by atoms with Crippen LogP contribution < -0.4 is 5.32 Å². The molecule has 8 heteroatoms. The van der Waals surface area contributed by atoms with Crippen LogP contribution in [0.25, 0.3) is 0 Å². The summed E-state index contributed by atoms with van der Waals surface area (Å²) in [5, 5.41) is 11.1. The first-order chi connectivity index (χ1) is 15.0. The quantitative estimate of drug-likeness (QED) is 0.687. The molecule has 1 N–H and O–H groups in total. The number of carbonyl (C=O) groups is 2. The van der Waals surface area contributed by atoms with Gasteiger partial charge in [0.25, 0.3) is 5.91 Å². The molecule has 1 saturated carbocycles. The maximum Gasteiger partial charge on any atom is 0.273 e. The Morgan fingerprint density at radius 2 is 2.00 bits per heavy atom. The molecular weight excluding hydrogens is 394 g/mol. The Bertz CT molecular complexity index is 933. The van der Waals surface area contributed by atoms with Gasteiger partial charge >= 0.3 is 0 Å². The lowest BCUT2D eigenvalue weighted by Crippen LogP contribution is -2.51. The number of ether oxygens (including phenoxy) is 1. The largest absolute Gasteiger partial charge is 0.383 e. The molecule has 0 bridgehead atoms. The molecule has 1 atom stereocenters. The normalized spacial score (nSPS) is 19.8. The molecule has 31 heavy (non-hydrogen) atoms. The Morgan fingerprint density at radius 1 is 1.23 bits per heavy atom. The van der Waals surface area contributed by atoms with Gasteiger partial charge in [0.1, 0.15) is 0 Å². The van der Waals surface area contributed by atoms with E-state index in [9.17, 15) is 9.59 Å². The summed E-state index contributed by atoms with van der Waals surface area (Å²) < 4.78 is 6.81. The number of likely N-dealkylation sites (tertiary alicyclic amines) is 1. The Morgan fingerprint density at radius 3 is 2.68 bits per heavy atom. The zero-order valence-electron chi connectivity index (χ0n) is 18.3. The minimum atomic E-state index is -0.228. The predicted octanol–water partition coefficient (Wildman–Crippen LogP) is 2.15. The third-order valence-electron chi connectivity index (χ3n) is 6.99. The van der Waals surface area contributed by atoms with E-state index in [1.165, 1.54) is 0 Å². The Balaban J connectivity index is 1.33. The molecule has 2 aliphatic rings. The van der Waals surface area contributed by atoms with E-state index >= 15 is 0 Å². The molecule has 0 radical (unpaired) electrons. The smallest absolute Gasteiger partial charge is 0.273 e. The molecule has 1 aliphatic carbocycles. The lowest BCUT2D eigenvalue weighted by molar-refractivity contribution is -0.135. The maximum absolute atomic E-state index is 12.8. The van der Waals surface area contributed by atoms with Crippen LogP contribution in [0.4, 0.5) is 0 Å². The fourth-order valence-corrected chi connectivity index (χ4v) is 4.85. The van der Waals surface area contributed by atoms with Crippen molar-refractivity contribution in [2.24, 2.45) is 5.41 Å². The Hall–Kier alpha value is -2.74. The number of rotatable bonds is 7. The van der Waals surface area contributed by atoms with Gasteiger partial charge in [-0.15, -0.1) is 5.10 Å². The second-order valence-electron chi connectivity index (χ2n) is 8.73. The van der Waals surface area contributed by atoms with E-state index in [4.69, 9.17) is 4.74 Å². The summed E-state index contributed by atoms with van der Waals surface area (Å²) >= 11 is 0. The van der Waals surface area contributed by atoms with Gasteiger partial charge < -0.3 is 15.0 Å². The van der Waals surface area contributed by atoms with Gasteiger partial charge in [-0.1, -0.05) is 29.5 Å². The first-order valence-electron chi connectivity index (χ1n) is 11.0. The molecule has 2 amide bonds. The van der Waals surface area contributed by atoms with E-state index in [2.05, 4.69) is 28.6 Å². The highest BCUT2D eigenvalue weighted by atomic mass is 16.5. The number of benzene rings is 1. The molecule has 1 aliphatic heterocycles. The van der Waals surface area contributed by atoms with Gasteiger partial charge in [-0.25, -0.2) is 4.68 Å². The van der Waals surface area contributed by atoms with Gasteiger partial charge in [0.15, 0.2) is 5.69 Å². The maximum atomic E-state index is 12.8. The monoisotopic (exact) mass is 425 g/mol. The molecule has 1 unspecified atom stereocenters. The van der Waals surface area contributed by atoms with Crippen molar-refractivity contribution in [3.05, 3.63) is 47.3 Å². The fourth-order valence-electron chi connectivity index (χ4n) is 4.85. The van der Waals surface area contributed by atoms with Crippen molar-refractivity contribution in [2.75, 3.05) is 33.4 Å². The zero-order chi connectivity index (χ0) is 21.8. The van der Waals surface area contributed by atoms with Crippen LogP contribution in [0, 0.1) is 12.3 Å². The summed E-state index contributed by atoms with van der Waals surface area (Å²) in [4.78, 5) is 27.0. The van der Waals surface area contributed by atoms with Gasteiger partial charge in [-0.05, 0) is 49.1 Å². The van der Waals surface area contributed by atoms with Crippen molar-refractivity contribution in [2.45, 2.75) is 45.1 Å². The van der Waals surface area contributed by atoms with Crippen LogP contribution >= 0.6 is 0 Å². The van der Waals surface area contributed by atoms with Gasteiger partial charge in [0.2, 0.25) is 5.91 Å². The van der Waals surface area contributed by atoms with Crippen LogP contribution in [0.5, 0.6) is 0 Å². The van der Waals surface area contributed by atoms with Crippen LogP contribution in [0.1, 0.15) is 53.3 Å². The molecule has 2 heterocycles. The number of nitrogens with one attached hydrogen (secondary N) is 1. The predicted molar refractivity (Wildman–Crippen MR) is 116 cm³/mol. The van der Waals surface area contributed by atoms with E-state index < -0.39 is 0 Å². The van der Waals surface area contributed by atoms with E-state index in [-0.39, 0.29) is 23.3 Å². The number of amides is 2. The number of carbonyl (C=O) groups excluding carboxylic acids is 2. The molecule has 2 aromatic rings. The van der Waals surface area contributed by atoms with Crippen molar-refractivity contribution in [3.63, 3.8) is 0 Å². The molecule has 1 saturated heterocycles. The summed E-state index contributed by atoms with van der Waals surface area (Å²) in [6.07, 6.45) is 6.31. The summed E-state index contributed by atoms with van der Waals surface area (Å²) in [5.74, 6) is -0.0240. The lowest BCUT2D eigenvalue weighted by Gasteiger charge is -2.53. The van der Waals surface area contributed by atoms with Gasteiger partial charge in [-0.2, -0.15) is 0 Å². The number of piperidine rings is 1. The van der Waals surface area contributed by atoms with E-state index in [1.54, 1.807) is 13.3 Å². The zero-order valence-corrected chi connectivity index (χ0v) is 18.3. The van der Waals surface area contributed by atoms with Crippen LogP contribution in [0.15, 0.2) is 30.5 Å². The number of nitrogens with zero attached hydrogens (tertiary/aromatic N) is 4. The molecular formula is C23H31N5O3. The summed E-state index contributed by atoms with van der Waals surface area (Å²) in [6.45, 7) is 4.52. The molecule has 1 aromatic carbocycles. The van der Waals surface area contributed by atoms with Crippen LogP contribution in [-0.4, -0.2) is 65.1 Å². The second-order valence-corrected chi connectivity index (χ2v) is 8.73. The number of methoxy groups -OCH3 is 1. The summed E-state index contributed by atoms with van der Waals surface area (Å²) in [6, 6.07) is 8.33. The van der Waals surface area contributed by atoms with Crippen molar-refractivity contribution in [1.29, 1.82) is 0 Å². The number of aryl methyl sites for hydroxylation is 1. The highest BCUT2D eigenvalue weighted by Crippen LogP contribution is 2.56. The molecule has 2 fully saturated rings. The highest BCUT2D eigenvalue weighted by molar-refractivity contribution is 5.91. The van der Waals surface area contributed by atoms with E-state index in [0.29, 0.717) is 25.3 Å². The highest BCUT2D eigenvalue weighted by Gasteiger charge is 2.50. The Labute approximate surface area is 182 Å². The molecule has 1 aromatic heterocycles. The second kappa shape index (κ2) is 9.18. The average molecular weight is 426 g/mol. The summed E-state index contributed by atoms with van der Waals surface area (Å²) in [7, 11) is 1.60. The topological polar surface area (TPSA) is 89.4 Å². The van der Waals surface area contributed by atoms with Crippen LogP contribution in [0.3, 0.4) is 0 Å². The van der Waals surface area contributed by atoms with E-state index in [0.717, 1.165) is 49.9 Å².